The average molecular weight is 356 g/mol. The molecule has 0 amide bonds. The topological polar surface area (TPSA) is 99.6 Å². The molecule has 1 aromatic carbocycles. The number of phenols is 1. The smallest absolute Gasteiger partial charge is 0.273 e. The number of hydrogen-bond acceptors (Lipinski definition) is 7. The Morgan fingerprint density at radius 1 is 1.04 bits per heavy atom. The van der Waals surface area contributed by atoms with Crippen LogP contribution in [0.25, 0.3) is 5.95 Å². The zero-order chi connectivity index (χ0) is 18.8. The number of aromatic nitrogens is 5. The number of benzene rings is 1. The van der Waals surface area contributed by atoms with Crippen molar-refractivity contribution in [3.8, 4) is 23.2 Å². The minimum absolute atomic E-state index is 0.0593. The van der Waals surface area contributed by atoms with Gasteiger partial charge in [-0.05, 0) is 39.0 Å². The van der Waals surface area contributed by atoms with Gasteiger partial charge in [0.25, 0.3) is 5.95 Å². The van der Waals surface area contributed by atoms with Gasteiger partial charge in [0, 0.05) is 11.3 Å². The van der Waals surface area contributed by atoms with E-state index in [0.29, 0.717) is 28.8 Å². The lowest BCUT2D eigenvalue weighted by atomic mass is 10.2. The van der Waals surface area contributed by atoms with Crippen LogP contribution in [0.3, 0.4) is 0 Å². The number of aryl methyl sites for hydroxylation is 3. The van der Waals surface area contributed by atoms with Crippen molar-refractivity contribution in [2.45, 2.75) is 20.8 Å². The van der Waals surface area contributed by atoms with Crippen LogP contribution in [0, 0.1) is 20.8 Å². The molecular weight excluding hydrogens is 336 g/mol. The number of aromatic hydroxyl groups is 1. The minimum Gasteiger partial charge on any atom is -0.502 e. The molecule has 0 aliphatic carbocycles. The monoisotopic (exact) mass is 356 g/mol. The van der Waals surface area contributed by atoms with E-state index < -0.39 is 0 Å². The van der Waals surface area contributed by atoms with Crippen LogP contribution in [0.15, 0.2) is 23.3 Å². The van der Waals surface area contributed by atoms with Crippen molar-refractivity contribution >= 4 is 6.21 Å². The summed E-state index contributed by atoms with van der Waals surface area (Å²) in [5.41, 5.74) is 2.50. The SMILES string of the molecule is COc1cc(/C=N/n2c(C)nnc2-n2nc(C)cc2C)cc(OC)c1O. The molecule has 9 nitrogen and oxygen atoms in total. The Kier molecular flexibility index (Phi) is 4.61. The van der Waals surface area contributed by atoms with E-state index in [1.807, 2.05) is 19.9 Å². The normalized spacial score (nSPS) is 11.3. The summed E-state index contributed by atoms with van der Waals surface area (Å²) >= 11 is 0. The standard InChI is InChI=1S/C17H20N6O3/c1-10-6-11(2)22(21-10)17-20-19-12(3)23(17)18-9-13-7-14(25-4)16(24)15(8-13)26-5/h6-9,24H,1-5H3/b18-9+. The molecule has 2 heterocycles. The Bertz CT molecular complexity index is 948. The Morgan fingerprint density at radius 3 is 2.23 bits per heavy atom. The fourth-order valence-corrected chi connectivity index (χ4v) is 2.56. The third kappa shape index (κ3) is 3.10. The van der Waals surface area contributed by atoms with E-state index in [1.54, 1.807) is 34.6 Å². The maximum Gasteiger partial charge on any atom is 0.273 e. The Hall–Kier alpha value is -3.36. The maximum absolute atomic E-state index is 10.0. The highest BCUT2D eigenvalue weighted by molar-refractivity contribution is 5.82. The molecule has 1 N–H and O–H groups in total. The van der Waals surface area contributed by atoms with Gasteiger partial charge in [-0.25, -0.2) is 4.68 Å². The molecule has 0 saturated heterocycles. The number of hydrogen-bond donors (Lipinski definition) is 1. The number of nitrogens with zero attached hydrogens (tertiary/aromatic N) is 6. The van der Waals surface area contributed by atoms with E-state index in [1.165, 1.54) is 14.2 Å². The van der Waals surface area contributed by atoms with Gasteiger partial charge in [0.1, 0.15) is 0 Å². The third-order valence-corrected chi connectivity index (χ3v) is 3.80. The fraction of sp³-hybridized carbons (Fsp3) is 0.294. The van der Waals surface area contributed by atoms with Crippen molar-refractivity contribution < 1.29 is 14.6 Å². The van der Waals surface area contributed by atoms with Crippen LogP contribution in [0.1, 0.15) is 22.8 Å². The maximum atomic E-state index is 10.0. The first-order chi connectivity index (χ1) is 12.4. The molecule has 0 aliphatic heterocycles. The molecule has 0 spiro atoms. The van der Waals surface area contributed by atoms with Gasteiger partial charge in [-0.2, -0.15) is 14.9 Å². The highest BCUT2D eigenvalue weighted by atomic mass is 16.5. The second-order valence-electron chi connectivity index (χ2n) is 5.72. The molecule has 3 aromatic rings. The molecular formula is C17H20N6O3. The highest BCUT2D eigenvalue weighted by Crippen LogP contribution is 2.36. The molecule has 136 valence electrons. The summed E-state index contributed by atoms with van der Waals surface area (Å²) in [6.07, 6.45) is 1.61. The summed E-state index contributed by atoms with van der Waals surface area (Å²) < 4.78 is 13.6. The van der Waals surface area contributed by atoms with Gasteiger partial charge >= 0.3 is 0 Å². The van der Waals surface area contributed by atoms with Gasteiger partial charge in [-0.15, -0.1) is 10.2 Å². The van der Waals surface area contributed by atoms with Crippen LogP contribution in [0.5, 0.6) is 17.2 Å². The molecule has 0 aliphatic rings. The number of rotatable bonds is 5. The van der Waals surface area contributed by atoms with Gasteiger partial charge in [0.05, 0.1) is 26.1 Å². The van der Waals surface area contributed by atoms with Crippen molar-refractivity contribution in [2.75, 3.05) is 14.2 Å². The molecule has 0 fully saturated rings. The molecule has 3 rings (SSSR count). The van der Waals surface area contributed by atoms with Gasteiger partial charge in [-0.3, -0.25) is 0 Å². The van der Waals surface area contributed by atoms with Crippen LogP contribution in [0.4, 0.5) is 0 Å². The lowest BCUT2D eigenvalue weighted by Crippen LogP contribution is -2.08. The summed E-state index contributed by atoms with van der Waals surface area (Å²) in [5, 5.41) is 27.1. The van der Waals surface area contributed by atoms with Crippen molar-refractivity contribution in [1.29, 1.82) is 0 Å². The minimum atomic E-state index is -0.0593. The fourth-order valence-electron chi connectivity index (χ4n) is 2.56. The lowest BCUT2D eigenvalue weighted by Gasteiger charge is -2.09. The Labute approximate surface area is 150 Å². The summed E-state index contributed by atoms with van der Waals surface area (Å²) in [4.78, 5) is 0. The number of methoxy groups -OCH3 is 2. The zero-order valence-electron chi connectivity index (χ0n) is 15.3. The van der Waals surface area contributed by atoms with Crippen LogP contribution < -0.4 is 9.47 Å². The molecule has 9 heteroatoms. The van der Waals surface area contributed by atoms with E-state index >= 15 is 0 Å². The van der Waals surface area contributed by atoms with Gasteiger partial charge < -0.3 is 14.6 Å². The van der Waals surface area contributed by atoms with Crippen LogP contribution in [0.2, 0.25) is 0 Å². The van der Waals surface area contributed by atoms with Crippen LogP contribution in [-0.2, 0) is 0 Å². The first-order valence-corrected chi connectivity index (χ1v) is 7.89. The summed E-state index contributed by atoms with van der Waals surface area (Å²) in [6, 6.07) is 5.27. The predicted molar refractivity (Wildman–Crippen MR) is 95.6 cm³/mol. The molecule has 26 heavy (non-hydrogen) atoms. The molecule has 0 saturated carbocycles. The molecule has 2 aromatic heterocycles. The Balaban J connectivity index is 2.02. The predicted octanol–water partition coefficient (Wildman–Crippen LogP) is 1.99. The van der Waals surface area contributed by atoms with Crippen molar-refractivity contribution in [1.82, 2.24) is 24.7 Å². The molecule has 0 bridgehead atoms. The van der Waals surface area contributed by atoms with E-state index in [0.717, 1.165) is 11.4 Å². The van der Waals surface area contributed by atoms with Gasteiger partial charge in [0.15, 0.2) is 17.3 Å². The van der Waals surface area contributed by atoms with E-state index in [2.05, 4.69) is 20.4 Å². The molecule has 0 atom stereocenters. The van der Waals surface area contributed by atoms with E-state index in [9.17, 15) is 5.11 Å². The summed E-state index contributed by atoms with van der Waals surface area (Å²) in [5.74, 6) is 1.63. The number of ether oxygens (including phenoxy) is 2. The summed E-state index contributed by atoms with van der Waals surface area (Å²) in [7, 11) is 2.94. The second kappa shape index (κ2) is 6.87. The first kappa shape index (κ1) is 17.5. The second-order valence-corrected chi connectivity index (χ2v) is 5.72. The van der Waals surface area contributed by atoms with E-state index in [-0.39, 0.29) is 5.75 Å². The van der Waals surface area contributed by atoms with Crippen molar-refractivity contribution in [3.05, 3.63) is 41.0 Å². The molecule has 0 unspecified atom stereocenters. The third-order valence-electron chi connectivity index (χ3n) is 3.80. The number of phenolic OH excluding ortho intramolecular Hbond substituents is 1. The van der Waals surface area contributed by atoms with Crippen LogP contribution in [-0.4, -0.2) is 50.2 Å². The lowest BCUT2D eigenvalue weighted by molar-refractivity contribution is 0.340. The zero-order valence-corrected chi connectivity index (χ0v) is 15.3. The van der Waals surface area contributed by atoms with Crippen LogP contribution >= 0.6 is 0 Å². The summed E-state index contributed by atoms with van der Waals surface area (Å²) in [6.45, 7) is 5.65. The Morgan fingerprint density at radius 2 is 1.69 bits per heavy atom. The first-order valence-electron chi connectivity index (χ1n) is 7.89. The average Bonchev–Trinajstić information content (AvgIpc) is 3.15. The molecule has 0 radical (unpaired) electrons. The van der Waals surface area contributed by atoms with Gasteiger partial charge in [-0.1, -0.05) is 0 Å². The van der Waals surface area contributed by atoms with Crippen molar-refractivity contribution in [2.24, 2.45) is 5.10 Å². The highest BCUT2D eigenvalue weighted by Gasteiger charge is 2.14. The van der Waals surface area contributed by atoms with E-state index in [4.69, 9.17) is 9.47 Å². The van der Waals surface area contributed by atoms with Crippen molar-refractivity contribution in [3.63, 3.8) is 0 Å². The van der Waals surface area contributed by atoms with Gasteiger partial charge in [0.2, 0.25) is 5.75 Å². The quantitative estimate of drug-likeness (QED) is 0.702. The largest absolute Gasteiger partial charge is 0.502 e.